The van der Waals surface area contributed by atoms with Gasteiger partial charge in [-0.15, -0.1) is 11.3 Å². The van der Waals surface area contributed by atoms with Gasteiger partial charge in [-0.25, -0.2) is 4.98 Å². The Labute approximate surface area is 148 Å². The fraction of sp³-hybridized carbons (Fsp3) is 0.0526. The Morgan fingerprint density at radius 3 is 2.79 bits per heavy atom. The monoisotopic (exact) mass is 351 g/mol. The van der Waals surface area contributed by atoms with Crippen LogP contribution in [0.5, 0.6) is 0 Å². The van der Waals surface area contributed by atoms with Crippen LogP contribution in [0.3, 0.4) is 0 Å². The lowest BCUT2D eigenvalue weighted by molar-refractivity contribution is 1.10. The number of thiophene rings is 1. The molecule has 0 amide bonds. The van der Waals surface area contributed by atoms with Crippen molar-refractivity contribution < 1.29 is 0 Å². The van der Waals surface area contributed by atoms with Gasteiger partial charge in [0.15, 0.2) is 0 Å². The molecule has 3 heterocycles. The summed E-state index contributed by atoms with van der Waals surface area (Å²) in [6, 6.07) is 18.0. The van der Waals surface area contributed by atoms with Gasteiger partial charge in [0.05, 0.1) is 16.4 Å². The molecule has 0 saturated heterocycles. The number of nitrogens with zero attached hydrogens (tertiary/aromatic N) is 2. The van der Waals surface area contributed by atoms with Crippen LogP contribution < -0.4 is 5.73 Å². The van der Waals surface area contributed by atoms with Gasteiger partial charge in [-0.1, -0.05) is 35.9 Å². The van der Waals surface area contributed by atoms with Crippen LogP contribution in [-0.4, -0.2) is 9.97 Å². The summed E-state index contributed by atoms with van der Waals surface area (Å²) in [5.41, 5.74) is 8.72. The normalized spacial score (nSPS) is 11.0. The predicted molar refractivity (Wildman–Crippen MR) is 102 cm³/mol. The number of fused-ring (bicyclic) bond motifs is 1. The molecule has 24 heavy (non-hydrogen) atoms. The van der Waals surface area contributed by atoms with Crippen LogP contribution in [-0.2, 0) is 6.42 Å². The molecule has 0 aliphatic carbocycles. The van der Waals surface area contributed by atoms with E-state index < -0.39 is 0 Å². The largest absolute Gasteiger partial charge is 0.384 e. The summed E-state index contributed by atoms with van der Waals surface area (Å²) in [4.78, 5) is 10.0. The van der Waals surface area contributed by atoms with E-state index in [1.165, 1.54) is 15.0 Å². The molecule has 0 atom stereocenters. The molecule has 4 aromatic rings. The summed E-state index contributed by atoms with van der Waals surface area (Å²) < 4.78 is 1.23. The van der Waals surface area contributed by atoms with Crippen LogP contribution in [0.2, 0.25) is 5.02 Å². The predicted octanol–water partition coefficient (Wildman–Crippen LogP) is 5.18. The van der Waals surface area contributed by atoms with E-state index in [4.69, 9.17) is 17.3 Å². The number of benzene rings is 1. The molecule has 0 aliphatic rings. The Morgan fingerprint density at radius 2 is 1.96 bits per heavy atom. The number of anilines is 1. The molecule has 118 valence electrons. The number of rotatable bonds is 3. The average Bonchev–Trinajstić information content (AvgIpc) is 3.01. The van der Waals surface area contributed by atoms with Crippen LogP contribution in [0.4, 0.5) is 5.82 Å². The number of halogens is 1. The van der Waals surface area contributed by atoms with Crippen molar-refractivity contribution in [3.05, 3.63) is 76.4 Å². The fourth-order valence-corrected chi connectivity index (χ4v) is 4.07. The highest BCUT2D eigenvalue weighted by Crippen LogP contribution is 2.35. The highest BCUT2D eigenvalue weighted by atomic mass is 35.5. The third-order valence-electron chi connectivity index (χ3n) is 3.82. The summed E-state index contributed by atoms with van der Waals surface area (Å²) >= 11 is 8.00. The molecule has 0 unspecified atom stereocenters. The van der Waals surface area contributed by atoms with E-state index >= 15 is 0 Å². The minimum Gasteiger partial charge on any atom is -0.384 e. The molecule has 2 N–H and O–H groups in total. The van der Waals surface area contributed by atoms with Crippen molar-refractivity contribution in [3.8, 4) is 11.3 Å². The molecule has 0 fully saturated rings. The third-order valence-corrected chi connectivity index (χ3v) is 5.35. The van der Waals surface area contributed by atoms with Crippen LogP contribution in [0.15, 0.2) is 60.8 Å². The SMILES string of the molecule is Nc1ccc(Cl)c(Cc2cc3cccc(-c4ccccn4)c3s2)n1. The number of nitrogens with two attached hydrogens (primary N) is 1. The van der Waals surface area contributed by atoms with Gasteiger partial charge in [0.25, 0.3) is 0 Å². The average molecular weight is 352 g/mol. The molecule has 0 spiro atoms. The topological polar surface area (TPSA) is 51.8 Å². The van der Waals surface area contributed by atoms with Gasteiger partial charge in [0.2, 0.25) is 0 Å². The van der Waals surface area contributed by atoms with Gasteiger partial charge >= 0.3 is 0 Å². The lowest BCUT2D eigenvalue weighted by Gasteiger charge is -2.02. The maximum atomic E-state index is 6.25. The van der Waals surface area contributed by atoms with E-state index in [0.29, 0.717) is 17.3 Å². The summed E-state index contributed by atoms with van der Waals surface area (Å²) in [6.45, 7) is 0. The van der Waals surface area contributed by atoms with E-state index in [-0.39, 0.29) is 0 Å². The quantitative estimate of drug-likeness (QED) is 0.553. The van der Waals surface area contributed by atoms with Crippen molar-refractivity contribution in [2.75, 3.05) is 5.73 Å². The molecule has 4 rings (SSSR count). The first-order valence-corrected chi connectivity index (χ1v) is 8.74. The zero-order valence-corrected chi connectivity index (χ0v) is 14.3. The first kappa shape index (κ1) is 15.1. The zero-order valence-electron chi connectivity index (χ0n) is 12.7. The lowest BCUT2D eigenvalue weighted by Crippen LogP contribution is -1.96. The van der Waals surface area contributed by atoms with E-state index in [2.05, 4.69) is 34.2 Å². The van der Waals surface area contributed by atoms with E-state index in [1.54, 1.807) is 23.5 Å². The number of nitrogen functional groups attached to an aromatic ring is 1. The second-order valence-corrected chi connectivity index (χ2v) is 7.04. The number of aromatic nitrogens is 2. The number of pyridine rings is 2. The molecular formula is C19H14ClN3S. The van der Waals surface area contributed by atoms with Gasteiger partial charge in [-0.3, -0.25) is 4.98 Å². The van der Waals surface area contributed by atoms with Crippen molar-refractivity contribution in [3.63, 3.8) is 0 Å². The first-order chi connectivity index (χ1) is 11.7. The van der Waals surface area contributed by atoms with Crippen LogP contribution in [0.25, 0.3) is 21.3 Å². The van der Waals surface area contributed by atoms with Gasteiger partial charge in [-0.05, 0) is 35.7 Å². The van der Waals surface area contributed by atoms with E-state index in [9.17, 15) is 0 Å². The van der Waals surface area contributed by atoms with Crippen LogP contribution in [0.1, 0.15) is 10.6 Å². The van der Waals surface area contributed by atoms with Gasteiger partial charge in [0.1, 0.15) is 5.82 Å². The number of hydrogen-bond donors (Lipinski definition) is 1. The smallest absolute Gasteiger partial charge is 0.123 e. The van der Waals surface area contributed by atoms with Gasteiger partial charge in [-0.2, -0.15) is 0 Å². The molecule has 0 aliphatic heterocycles. The number of hydrogen-bond acceptors (Lipinski definition) is 4. The fourth-order valence-electron chi connectivity index (χ4n) is 2.72. The van der Waals surface area contributed by atoms with Crippen molar-refractivity contribution in [2.45, 2.75) is 6.42 Å². The molecule has 1 aromatic carbocycles. The second kappa shape index (κ2) is 6.23. The van der Waals surface area contributed by atoms with E-state index in [1.807, 2.05) is 24.4 Å². The lowest BCUT2D eigenvalue weighted by atomic mass is 10.1. The van der Waals surface area contributed by atoms with Gasteiger partial charge in [0, 0.05) is 27.8 Å². The van der Waals surface area contributed by atoms with E-state index in [0.717, 1.165) is 17.0 Å². The van der Waals surface area contributed by atoms with Crippen molar-refractivity contribution in [1.29, 1.82) is 0 Å². The maximum Gasteiger partial charge on any atom is 0.123 e. The Kier molecular flexibility index (Phi) is 3.92. The second-order valence-electron chi connectivity index (χ2n) is 5.49. The van der Waals surface area contributed by atoms with Crippen molar-refractivity contribution in [2.24, 2.45) is 0 Å². The molecular weight excluding hydrogens is 338 g/mol. The summed E-state index contributed by atoms with van der Waals surface area (Å²) in [7, 11) is 0. The van der Waals surface area contributed by atoms with Gasteiger partial charge < -0.3 is 5.73 Å². The molecule has 0 bridgehead atoms. The van der Waals surface area contributed by atoms with Crippen molar-refractivity contribution in [1.82, 2.24) is 9.97 Å². The molecule has 5 heteroatoms. The Hall–Kier alpha value is -2.43. The highest BCUT2D eigenvalue weighted by molar-refractivity contribution is 7.19. The summed E-state index contributed by atoms with van der Waals surface area (Å²) in [5, 5.41) is 1.85. The third kappa shape index (κ3) is 2.86. The van der Waals surface area contributed by atoms with Crippen LogP contribution in [0, 0.1) is 0 Å². The standard InChI is InChI=1S/C19H14ClN3S/c20-15-7-8-18(21)23-17(15)11-13-10-12-4-3-5-14(19(12)24-13)16-6-1-2-9-22-16/h1-10H,11H2,(H2,21,23). The molecule has 3 nitrogen and oxygen atoms in total. The summed E-state index contributed by atoms with van der Waals surface area (Å²) in [6.07, 6.45) is 2.49. The molecule has 0 saturated carbocycles. The molecule has 0 radical (unpaired) electrons. The first-order valence-electron chi connectivity index (χ1n) is 7.54. The molecule has 3 aromatic heterocycles. The van der Waals surface area contributed by atoms with Crippen molar-refractivity contribution >= 4 is 38.8 Å². The Bertz CT molecular complexity index is 1010. The maximum absolute atomic E-state index is 6.25. The Morgan fingerprint density at radius 1 is 1.04 bits per heavy atom. The zero-order chi connectivity index (χ0) is 16.5. The van der Waals surface area contributed by atoms with Crippen LogP contribution >= 0.6 is 22.9 Å². The minimum absolute atomic E-state index is 0.490. The highest BCUT2D eigenvalue weighted by Gasteiger charge is 2.11. The summed E-state index contributed by atoms with van der Waals surface area (Å²) in [5.74, 6) is 0.490. The minimum atomic E-state index is 0.490. The Balaban J connectivity index is 1.78.